The Kier molecular flexibility index (Phi) is 3.35. The van der Waals surface area contributed by atoms with Crippen LogP contribution in [0.4, 0.5) is 11.4 Å². The Morgan fingerprint density at radius 2 is 2.04 bits per heavy atom. The lowest BCUT2D eigenvalue weighted by atomic mass is 10.0. The molecule has 25 heavy (non-hydrogen) atoms. The number of hydrogen-bond acceptors (Lipinski definition) is 3. The molecule has 4 rings (SSSR count). The van der Waals surface area contributed by atoms with Crippen molar-refractivity contribution in [1.82, 2.24) is 9.78 Å². The van der Waals surface area contributed by atoms with Gasteiger partial charge < -0.3 is 10.2 Å². The van der Waals surface area contributed by atoms with Crippen LogP contribution in [0.1, 0.15) is 33.5 Å². The number of amides is 2. The first-order valence-corrected chi connectivity index (χ1v) is 8.21. The number of hydrogen-bond donors (Lipinski definition) is 1. The van der Waals surface area contributed by atoms with Crippen LogP contribution in [0.3, 0.4) is 0 Å². The van der Waals surface area contributed by atoms with E-state index >= 15 is 0 Å². The topological polar surface area (TPSA) is 67.2 Å². The van der Waals surface area contributed by atoms with Gasteiger partial charge in [-0.2, -0.15) is 5.10 Å². The molecule has 3 aromatic rings. The molecule has 0 bridgehead atoms. The third-order valence-corrected chi connectivity index (χ3v) is 4.70. The Bertz CT molecular complexity index is 1020. The van der Waals surface area contributed by atoms with E-state index in [1.54, 1.807) is 22.7 Å². The molecule has 2 aromatic carbocycles. The molecule has 1 aliphatic heterocycles. The normalized spacial score (nSPS) is 12.9. The summed E-state index contributed by atoms with van der Waals surface area (Å²) in [4.78, 5) is 26.8. The van der Waals surface area contributed by atoms with Crippen LogP contribution in [0.5, 0.6) is 0 Å². The molecule has 0 radical (unpaired) electrons. The van der Waals surface area contributed by atoms with Crippen molar-refractivity contribution in [2.24, 2.45) is 7.05 Å². The highest BCUT2D eigenvalue weighted by Gasteiger charge is 2.29. The van der Waals surface area contributed by atoms with Crippen molar-refractivity contribution in [3.63, 3.8) is 0 Å². The third kappa shape index (κ3) is 2.21. The minimum Gasteiger partial charge on any atom is -0.320 e. The van der Waals surface area contributed by atoms with Crippen molar-refractivity contribution in [1.29, 1.82) is 0 Å². The van der Waals surface area contributed by atoms with Crippen molar-refractivity contribution >= 4 is 34.0 Å². The number of nitrogens with one attached hydrogen (secondary N) is 1. The van der Waals surface area contributed by atoms with Gasteiger partial charge in [-0.3, -0.25) is 14.3 Å². The molecular formula is C19H18N4O2. The highest BCUT2D eigenvalue weighted by atomic mass is 16.2. The second-order valence-electron chi connectivity index (χ2n) is 6.16. The van der Waals surface area contributed by atoms with E-state index in [4.69, 9.17) is 0 Å². The van der Waals surface area contributed by atoms with E-state index in [9.17, 15) is 9.59 Å². The van der Waals surface area contributed by atoms with E-state index in [0.717, 1.165) is 22.2 Å². The van der Waals surface area contributed by atoms with Gasteiger partial charge in [-0.05, 0) is 38.1 Å². The first-order chi connectivity index (χ1) is 12.0. The summed E-state index contributed by atoms with van der Waals surface area (Å²) in [6, 6.07) is 11.1. The first kappa shape index (κ1) is 15.4. The van der Waals surface area contributed by atoms with Gasteiger partial charge in [0.25, 0.3) is 11.8 Å². The minimum absolute atomic E-state index is 0.00641. The molecule has 1 aromatic heterocycles. The van der Waals surface area contributed by atoms with E-state index in [1.807, 2.05) is 44.2 Å². The SMILES string of the molecule is CCN1C(=O)c2cccc3c(NC(=O)c4cc(C)n(C)n4)ccc1c23. The predicted molar refractivity (Wildman–Crippen MR) is 97.2 cm³/mol. The monoisotopic (exact) mass is 334 g/mol. The van der Waals surface area contributed by atoms with Crippen molar-refractivity contribution in [2.75, 3.05) is 16.8 Å². The maximum atomic E-state index is 12.5. The number of nitrogens with zero attached hydrogens (tertiary/aromatic N) is 3. The Hall–Kier alpha value is -3.15. The standard InChI is InChI=1S/C19H18N4O2/c1-4-23-16-9-8-14(12-6-5-7-13(17(12)16)19(23)25)20-18(24)15-10-11(2)22(3)21-15/h5-10H,4H2,1-3H3,(H,20,24). The van der Waals surface area contributed by atoms with Gasteiger partial charge in [0, 0.05) is 41.3 Å². The Morgan fingerprint density at radius 1 is 1.24 bits per heavy atom. The van der Waals surface area contributed by atoms with Crippen molar-refractivity contribution < 1.29 is 9.59 Å². The highest BCUT2D eigenvalue weighted by molar-refractivity contribution is 6.27. The molecule has 0 fully saturated rings. The highest BCUT2D eigenvalue weighted by Crippen LogP contribution is 2.40. The fourth-order valence-corrected chi connectivity index (χ4v) is 3.33. The van der Waals surface area contributed by atoms with E-state index < -0.39 is 0 Å². The van der Waals surface area contributed by atoms with Gasteiger partial charge in [0.15, 0.2) is 5.69 Å². The minimum atomic E-state index is -0.263. The average molecular weight is 334 g/mol. The maximum absolute atomic E-state index is 12.5. The number of aromatic nitrogens is 2. The van der Waals surface area contributed by atoms with Gasteiger partial charge in [0.2, 0.25) is 0 Å². The average Bonchev–Trinajstić information content (AvgIpc) is 3.09. The van der Waals surface area contributed by atoms with E-state index in [-0.39, 0.29) is 11.8 Å². The quantitative estimate of drug-likeness (QED) is 0.800. The summed E-state index contributed by atoms with van der Waals surface area (Å²) in [6.45, 7) is 4.46. The molecule has 1 N–H and O–H groups in total. The van der Waals surface area contributed by atoms with Crippen LogP contribution in [0.2, 0.25) is 0 Å². The van der Waals surface area contributed by atoms with Gasteiger partial charge in [-0.25, -0.2) is 0 Å². The van der Waals surface area contributed by atoms with E-state index in [0.29, 0.717) is 23.5 Å². The second kappa shape index (κ2) is 5.44. The molecule has 6 nitrogen and oxygen atoms in total. The van der Waals surface area contributed by atoms with Crippen molar-refractivity contribution in [2.45, 2.75) is 13.8 Å². The number of rotatable bonds is 3. The predicted octanol–water partition coefficient (Wildman–Crippen LogP) is 3.11. The fourth-order valence-electron chi connectivity index (χ4n) is 3.33. The van der Waals surface area contributed by atoms with Gasteiger partial charge in [-0.15, -0.1) is 0 Å². The molecule has 1 aliphatic rings. The maximum Gasteiger partial charge on any atom is 0.276 e. The van der Waals surface area contributed by atoms with Crippen LogP contribution in [0.15, 0.2) is 36.4 Å². The van der Waals surface area contributed by atoms with Gasteiger partial charge in [-0.1, -0.05) is 12.1 Å². The number of anilines is 2. The van der Waals surface area contributed by atoms with Crippen LogP contribution < -0.4 is 10.2 Å². The number of aryl methyl sites for hydroxylation is 2. The lowest BCUT2D eigenvalue weighted by molar-refractivity contribution is 0.0992. The summed E-state index contributed by atoms with van der Waals surface area (Å²) in [5.74, 6) is -0.256. The molecule has 0 saturated heterocycles. The first-order valence-electron chi connectivity index (χ1n) is 8.21. The molecule has 0 aliphatic carbocycles. The molecule has 0 spiro atoms. The van der Waals surface area contributed by atoms with E-state index in [2.05, 4.69) is 10.4 Å². The zero-order valence-electron chi connectivity index (χ0n) is 14.3. The zero-order chi connectivity index (χ0) is 17.7. The van der Waals surface area contributed by atoms with Gasteiger partial charge in [0.1, 0.15) is 0 Å². The Labute approximate surface area is 145 Å². The molecule has 0 unspecified atom stereocenters. The number of carbonyl (C=O) groups excluding carboxylic acids is 2. The van der Waals surface area contributed by atoms with Gasteiger partial charge in [0.05, 0.1) is 5.69 Å². The molecule has 0 saturated carbocycles. The van der Waals surface area contributed by atoms with Crippen LogP contribution in [0, 0.1) is 6.92 Å². The lowest BCUT2D eigenvalue weighted by Crippen LogP contribution is -2.25. The third-order valence-electron chi connectivity index (χ3n) is 4.70. The molecule has 126 valence electrons. The van der Waals surface area contributed by atoms with Crippen LogP contribution in [-0.4, -0.2) is 28.1 Å². The summed E-state index contributed by atoms with van der Waals surface area (Å²) in [5, 5.41) is 8.89. The number of carbonyl (C=O) groups is 2. The molecule has 6 heteroatoms. The molecular weight excluding hydrogens is 316 g/mol. The Balaban J connectivity index is 1.79. The molecule has 2 heterocycles. The van der Waals surface area contributed by atoms with Crippen LogP contribution in [0.25, 0.3) is 10.8 Å². The summed E-state index contributed by atoms with van der Waals surface area (Å²) in [7, 11) is 1.80. The van der Waals surface area contributed by atoms with Crippen molar-refractivity contribution in [3.05, 3.63) is 53.3 Å². The van der Waals surface area contributed by atoms with Crippen LogP contribution in [-0.2, 0) is 7.05 Å². The van der Waals surface area contributed by atoms with Crippen molar-refractivity contribution in [3.8, 4) is 0 Å². The molecule has 2 amide bonds. The van der Waals surface area contributed by atoms with E-state index in [1.165, 1.54) is 0 Å². The summed E-state index contributed by atoms with van der Waals surface area (Å²) in [5.41, 5.74) is 3.54. The largest absolute Gasteiger partial charge is 0.320 e. The number of benzene rings is 2. The van der Waals surface area contributed by atoms with Gasteiger partial charge >= 0.3 is 0 Å². The van der Waals surface area contributed by atoms with Crippen LogP contribution >= 0.6 is 0 Å². The zero-order valence-corrected chi connectivity index (χ0v) is 14.3. The Morgan fingerprint density at radius 3 is 2.72 bits per heavy atom. The summed E-state index contributed by atoms with van der Waals surface area (Å²) in [6.07, 6.45) is 0. The smallest absolute Gasteiger partial charge is 0.276 e. The fraction of sp³-hybridized carbons (Fsp3) is 0.211. The summed E-state index contributed by atoms with van der Waals surface area (Å²) >= 11 is 0. The summed E-state index contributed by atoms with van der Waals surface area (Å²) < 4.78 is 1.67. The second-order valence-corrected chi connectivity index (χ2v) is 6.16. The lowest BCUT2D eigenvalue weighted by Gasteiger charge is -2.15. The molecule has 0 atom stereocenters.